The van der Waals surface area contributed by atoms with E-state index in [4.69, 9.17) is 11.6 Å². The molecule has 0 aromatic carbocycles. The van der Waals surface area contributed by atoms with Gasteiger partial charge in [-0.25, -0.2) is 17.7 Å². The number of sulfonamides is 1. The van der Waals surface area contributed by atoms with Crippen LogP contribution >= 0.6 is 11.6 Å². The lowest BCUT2D eigenvalue weighted by Gasteiger charge is -2.20. The van der Waals surface area contributed by atoms with Crippen molar-refractivity contribution in [3.8, 4) is 0 Å². The normalized spacial score (nSPS) is 18.0. The first-order chi connectivity index (χ1) is 13.4. The first-order valence-corrected chi connectivity index (χ1v) is 11.8. The molecule has 0 bridgehead atoms. The predicted molar refractivity (Wildman–Crippen MR) is 116 cm³/mol. The number of guanidine groups is 1. The molecule has 0 aliphatic carbocycles. The molecule has 0 radical (unpaired) electrons. The van der Waals surface area contributed by atoms with E-state index in [-0.39, 0.29) is 18.3 Å². The van der Waals surface area contributed by atoms with Crippen molar-refractivity contribution >= 4 is 33.4 Å². The maximum absolute atomic E-state index is 12.3. The number of rotatable bonds is 9. The lowest BCUT2D eigenvalue weighted by Crippen LogP contribution is -2.45. The molecule has 10 heteroatoms. The van der Waals surface area contributed by atoms with Gasteiger partial charge in [-0.1, -0.05) is 25.4 Å². The summed E-state index contributed by atoms with van der Waals surface area (Å²) in [5, 5.41) is 7.23. The predicted octanol–water partition coefficient (Wildman–Crippen LogP) is 1.54. The van der Waals surface area contributed by atoms with Gasteiger partial charge < -0.3 is 15.5 Å². The summed E-state index contributed by atoms with van der Waals surface area (Å²) in [5.41, 5.74) is 0. The van der Waals surface area contributed by atoms with Crippen molar-refractivity contribution in [1.29, 1.82) is 0 Å². The standard InChI is InChI=1S/C18H31ClN6O2S/c1-4-20-18(22-11-13-28(26,27)25(5-2)6-3)23-15-9-12-24(14-15)17-16(19)8-7-10-21-17/h7-8,10,15H,4-6,9,11-14H2,1-3H3,(H2,20,22,23). The molecule has 28 heavy (non-hydrogen) atoms. The highest BCUT2D eigenvalue weighted by Gasteiger charge is 2.25. The monoisotopic (exact) mass is 430 g/mol. The van der Waals surface area contributed by atoms with E-state index >= 15 is 0 Å². The Bertz CT molecular complexity index is 754. The second-order valence-corrected chi connectivity index (χ2v) is 9.04. The molecule has 0 spiro atoms. The van der Waals surface area contributed by atoms with Gasteiger partial charge in [0, 0.05) is 45.0 Å². The van der Waals surface area contributed by atoms with E-state index in [1.54, 1.807) is 6.20 Å². The third-order valence-corrected chi connectivity index (χ3v) is 6.93. The summed E-state index contributed by atoms with van der Waals surface area (Å²) in [6.07, 6.45) is 2.67. The number of hydrogen-bond donors (Lipinski definition) is 2. The largest absolute Gasteiger partial charge is 0.357 e. The second kappa shape index (κ2) is 10.8. The van der Waals surface area contributed by atoms with Gasteiger partial charge in [0.25, 0.3) is 0 Å². The molecule has 1 aromatic heterocycles. The molecule has 1 saturated heterocycles. The van der Waals surface area contributed by atoms with Gasteiger partial charge in [0.05, 0.1) is 17.3 Å². The number of aromatic nitrogens is 1. The lowest BCUT2D eigenvalue weighted by atomic mass is 10.3. The average Bonchev–Trinajstić information content (AvgIpc) is 3.11. The van der Waals surface area contributed by atoms with Crippen molar-refractivity contribution < 1.29 is 8.42 Å². The molecule has 1 atom stereocenters. The van der Waals surface area contributed by atoms with Gasteiger partial charge in [0.2, 0.25) is 10.0 Å². The minimum absolute atomic E-state index is 0.00554. The molecule has 8 nitrogen and oxygen atoms in total. The van der Waals surface area contributed by atoms with Crippen LogP contribution in [0.15, 0.2) is 23.3 Å². The second-order valence-electron chi connectivity index (χ2n) is 6.55. The highest BCUT2D eigenvalue weighted by molar-refractivity contribution is 7.89. The molecule has 2 N–H and O–H groups in total. The molecular weight excluding hydrogens is 400 g/mol. The number of nitrogens with zero attached hydrogens (tertiary/aromatic N) is 4. The highest BCUT2D eigenvalue weighted by atomic mass is 35.5. The Labute approximate surface area is 173 Å². The number of halogens is 1. The minimum atomic E-state index is -3.27. The van der Waals surface area contributed by atoms with Gasteiger partial charge in [-0.3, -0.25) is 4.99 Å². The molecule has 158 valence electrons. The summed E-state index contributed by atoms with van der Waals surface area (Å²) in [7, 11) is -3.27. The number of aliphatic imine (C=N–C) groups is 1. The summed E-state index contributed by atoms with van der Waals surface area (Å²) >= 11 is 6.25. The van der Waals surface area contributed by atoms with Gasteiger partial charge in [-0.2, -0.15) is 0 Å². The average molecular weight is 431 g/mol. The quantitative estimate of drug-likeness (QED) is 0.456. The molecule has 1 aliphatic heterocycles. The SMILES string of the molecule is CCNC(=NCCS(=O)(=O)N(CC)CC)NC1CCN(c2ncccc2Cl)C1. The van der Waals surface area contributed by atoms with Crippen molar-refractivity contribution in [3.63, 3.8) is 0 Å². The van der Waals surface area contributed by atoms with E-state index in [0.29, 0.717) is 30.6 Å². The lowest BCUT2D eigenvalue weighted by molar-refractivity contribution is 0.445. The molecule has 1 aliphatic rings. The Balaban J connectivity index is 1.94. The van der Waals surface area contributed by atoms with E-state index < -0.39 is 10.0 Å². The molecular formula is C18H31ClN6O2S. The van der Waals surface area contributed by atoms with Crippen LogP contribution in [-0.4, -0.2) is 74.7 Å². The van der Waals surface area contributed by atoms with Crippen LogP contribution in [0.5, 0.6) is 0 Å². The van der Waals surface area contributed by atoms with E-state index in [2.05, 4.69) is 25.5 Å². The number of pyridine rings is 1. The maximum Gasteiger partial charge on any atom is 0.215 e. The number of nitrogens with one attached hydrogen (secondary N) is 2. The third-order valence-electron chi connectivity index (χ3n) is 4.63. The van der Waals surface area contributed by atoms with Crippen LogP contribution < -0.4 is 15.5 Å². The third kappa shape index (κ3) is 6.22. The zero-order valence-corrected chi connectivity index (χ0v) is 18.4. The highest BCUT2D eigenvalue weighted by Crippen LogP contribution is 2.25. The van der Waals surface area contributed by atoms with Gasteiger partial charge in [-0.05, 0) is 25.5 Å². The van der Waals surface area contributed by atoms with Gasteiger partial charge in [0.15, 0.2) is 5.96 Å². The molecule has 2 rings (SSSR count). The summed E-state index contributed by atoms with van der Waals surface area (Å²) in [6, 6.07) is 3.85. The van der Waals surface area contributed by atoms with E-state index in [9.17, 15) is 8.42 Å². The van der Waals surface area contributed by atoms with Gasteiger partial charge in [-0.15, -0.1) is 0 Å². The molecule has 0 amide bonds. The van der Waals surface area contributed by atoms with E-state index in [1.807, 2.05) is 32.9 Å². The Morgan fingerprint density at radius 1 is 1.39 bits per heavy atom. The van der Waals surface area contributed by atoms with Crippen LogP contribution in [0, 0.1) is 0 Å². The topological polar surface area (TPSA) is 89.9 Å². The molecule has 1 fully saturated rings. The first kappa shape index (κ1) is 22.7. The van der Waals surface area contributed by atoms with Crippen LogP contribution in [0.25, 0.3) is 0 Å². The molecule has 1 aromatic rings. The summed E-state index contributed by atoms with van der Waals surface area (Å²) in [6.45, 7) is 9.17. The van der Waals surface area contributed by atoms with Crippen molar-refractivity contribution in [2.75, 3.05) is 49.9 Å². The Kier molecular flexibility index (Phi) is 8.78. The fraction of sp³-hybridized carbons (Fsp3) is 0.667. The fourth-order valence-corrected chi connectivity index (χ4v) is 4.82. The van der Waals surface area contributed by atoms with Crippen LogP contribution in [-0.2, 0) is 10.0 Å². The smallest absolute Gasteiger partial charge is 0.215 e. The summed E-state index contributed by atoms with van der Waals surface area (Å²) in [4.78, 5) is 11.0. The minimum Gasteiger partial charge on any atom is -0.357 e. The maximum atomic E-state index is 12.3. The summed E-state index contributed by atoms with van der Waals surface area (Å²) in [5.74, 6) is 1.43. The van der Waals surface area contributed by atoms with Crippen molar-refractivity contribution in [3.05, 3.63) is 23.4 Å². The number of anilines is 1. The van der Waals surface area contributed by atoms with Crippen LogP contribution in [0.4, 0.5) is 5.82 Å². The Morgan fingerprint density at radius 2 is 2.14 bits per heavy atom. The molecule has 1 unspecified atom stereocenters. The first-order valence-electron chi connectivity index (χ1n) is 9.79. The van der Waals surface area contributed by atoms with Crippen molar-refractivity contribution in [2.24, 2.45) is 4.99 Å². The van der Waals surface area contributed by atoms with Crippen molar-refractivity contribution in [2.45, 2.75) is 33.2 Å². The van der Waals surface area contributed by atoms with Crippen LogP contribution in [0.3, 0.4) is 0 Å². The Morgan fingerprint density at radius 3 is 2.79 bits per heavy atom. The van der Waals surface area contributed by atoms with Gasteiger partial charge in [0.1, 0.15) is 5.82 Å². The zero-order chi connectivity index (χ0) is 20.6. The van der Waals surface area contributed by atoms with Crippen LogP contribution in [0.2, 0.25) is 5.02 Å². The van der Waals surface area contributed by atoms with Gasteiger partial charge >= 0.3 is 0 Å². The van der Waals surface area contributed by atoms with E-state index in [1.165, 1.54) is 4.31 Å². The zero-order valence-electron chi connectivity index (χ0n) is 16.9. The fourth-order valence-electron chi connectivity index (χ4n) is 3.21. The summed E-state index contributed by atoms with van der Waals surface area (Å²) < 4.78 is 26.1. The van der Waals surface area contributed by atoms with E-state index in [0.717, 1.165) is 25.3 Å². The van der Waals surface area contributed by atoms with Crippen LogP contribution in [0.1, 0.15) is 27.2 Å². The number of hydrogen-bond acceptors (Lipinski definition) is 5. The Hall–Kier alpha value is -1.58. The van der Waals surface area contributed by atoms with Crippen molar-refractivity contribution in [1.82, 2.24) is 19.9 Å². The molecule has 2 heterocycles. The molecule has 0 saturated carbocycles.